The third-order valence-electron chi connectivity index (χ3n) is 6.79. The van der Waals surface area contributed by atoms with E-state index in [0.717, 1.165) is 6.54 Å². The standard InChI is InChI=1S/C22H26N4O/c1-14-2-4-15(5-3-14)18-13-26(22(27)17-6-9-24-19(23)12-17)20-16-7-10-25(11-8-16)21(18)20/h2-6,9,12,16,18,20-21H,7-8,10-11,13H2,1H3,(H2,23,24)/t18-,20-,21-/m1/s1. The van der Waals surface area contributed by atoms with E-state index >= 15 is 0 Å². The Morgan fingerprint density at radius 3 is 2.56 bits per heavy atom. The lowest BCUT2D eigenvalue weighted by Gasteiger charge is -2.51. The lowest BCUT2D eigenvalue weighted by atomic mass is 9.75. The Balaban J connectivity index is 1.52. The Morgan fingerprint density at radius 1 is 1.11 bits per heavy atom. The van der Waals surface area contributed by atoms with Crippen molar-refractivity contribution in [2.24, 2.45) is 5.92 Å². The van der Waals surface area contributed by atoms with Crippen LogP contribution in [0.2, 0.25) is 0 Å². The summed E-state index contributed by atoms with van der Waals surface area (Å²) in [6.45, 7) is 5.24. The smallest absolute Gasteiger partial charge is 0.254 e. The molecule has 5 heterocycles. The van der Waals surface area contributed by atoms with Crippen LogP contribution >= 0.6 is 0 Å². The highest BCUT2D eigenvalue weighted by atomic mass is 16.2. The minimum atomic E-state index is 0.0995. The highest BCUT2D eigenvalue weighted by Crippen LogP contribution is 2.47. The second-order valence-corrected chi connectivity index (χ2v) is 8.30. The van der Waals surface area contributed by atoms with Crippen LogP contribution in [0.15, 0.2) is 42.6 Å². The summed E-state index contributed by atoms with van der Waals surface area (Å²) in [5.41, 5.74) is 9.12. The van der Waals surface area contributed by atoms with Crippen molar-refractivity contribution in [3.05, 3.63) is 59.3 Å². The zero-order valence-corrected chi connectivity index (χ0v) is 15.7. The van der Waals surface area contributed by atoms with Crippen LogP contribution < -0.4 is 5.73 Å². The molecule has 0 radical (unpaired) electrons. The van der Waals surface area contributed by atoms with Crippen LogP contribution in [-0.2, 0) is 0 Å². The van der Waals surface area contributed by atoms with Crippen LogP contribution in [0.25, 0.3) is 0 Å². The van der Waals surface area contributed by atoms with Gasteiger partial charge in [0.25, 0.3) is 5.91 Å². The second kappa shape index (κ2) is 6.34. The number of rotatable bonds is 2. The molecule has 0 saturated carbocycles. The van der Waals surface area contributed by atoms with Crippen LogP contribution in [0.1, 0.15) is 40.2 Å². The molecule has 140 valence electrons. The highest BCUT2D eigenvalue weighted by Gasteiger charge is 2.54. The summed E-state index contributed by atoms with van der Waals surface area (Å²) < 4.78 is 0. The van der Waals surface area contributed by atoms with Crippen molar-refractivity contribution in [1.29, 1.82) is 0 Å². The SMILES string of the molecule is Cc1ccc([C@H]2CN(C(=O)c3ccnc(N)c3)[C@@H]3C4CCN(CC4)[C@H]23)cc1. The normalized spacial score (nSPS) is 31.7. The van der Waals surface area contributed by atoms with Gasteiger partial charge in [-0.05, 0) is 56.5 Å². The first-order valence-corrected chi connectivity index (χ1v) is 9.95. The van der Waals surface area contributed by atoms with E-state index in [1.54, 1.807) is 18.3 Å². The summed E-state index contributed by atoms with van der Waals surface area (Å²) in [5.74, 6) is 1.49. The van der Waals surface area contributed by atoms with E-state index in [-0.39, 0.29) is 5.91 Å². The molecule has 0 aliphatic carbocycles. The molecule has 3 atom stereocenters. The Morgan fingerprint density at radius 2 is 1.85 bits per heavy atom. The van der Waals surface area contributed by atoms with Gasteiger partial charge in [-0.25, -0.2) is 4.98 Å². The molecular formula is C22H26N4O. The number of carbonyl (C=O) groups is 1. The summed E-state index contributed by atoms with van der Waals surface area (Å²) >= 11 is 0. The molecule has 5 nitrogen and oxygen atoms in total. The Kier molecular flexibility index (Phi) is 3.93. The molecule has 4 fully saturated rings. The zero-order valence-electron chi connectivity index (χ0n) is 15.7. The lowest BCUT2D eigenvalue weighted by Crippen LogP contribution is -2.60. The minimum absolute atomic E-state index is 0.0995. The Labute approximate surface area is 160 Å². The lowest BCUT2D eigenvalue weighted by molar-refractivity contribution is -0.00340. The fourth-order valence-electron chi connectivity index (χ4n) is 5.51. The number of anilines is 1. The van der Waals surface area contributed by atoms with E-state index < -0.39 is 0 Å². The van der Waals surface area contributed by atoms with Crippen molar-refractivity contribution in [3.8, 4) is 0 Å². The molecule has 1 aromatic carbocycles. The number of likely N-dealkylation sites (tertiary alicyclic amines) is 1. The fraction of sp³-hybridized carbons (Fsp3) is 0.455. The molecule has 2 aromatic rings. The van der Waals surface area contributed by atoms with Gasteiger partial charge < -0.3 is 10.6 Å². The number of hydrogen-bond donors (Lipinski definition) is 1. The number of carbonyl (C=O) groups excluding carboxylic acids is 1. The molecule has 27 heavy (non-hydrogen) atoms. The molecule has 1 amide bonds. The average molecular weight is 362 g/mol. The molecule has 4 aliphatic rings. The molecule has 4 aliphatic heterocycles. The van der Waals surface area contributed by atoms with E-state index in [0.29, 0.717) is 35.3 Å². The van der Waals surface area contributed by atoms with E-state index in [4.69, 9.17) is 5.73 Å². The summed E-state index contributed by atoms with van der Waals surface area (Å²) in [6.07, 6.45) is 4.03. The topological polar surface area (TPSA) is 62.5 Å². The van der Waals surface area contributed by atoms with Crippen LogP contribution in [0, 0.1) is 12.8 Å². The molecule has 0 unspecified atom stereocenters. The van der Waals surface area contributed by atoms with Gasteiger partial charge in [-0.15, -0.1) is 0 Å². The molecule has 0 spiro atoms. The second-order valence-electron chi connectivity index (χ2n) is 8.30. The first kappa shape index (κ1) is 16.8. The van der Waals surface area contributed by atoms with Crippen molar-refractivity contribution in [3.63, 3.8) is 0 Å². The van der Waals surface area contributed by atoms with Crippen LogP contribution in [0.5, 0.6) is 0 Å². The summed E-state index contributed by atoms with van der Waals surface area (Å²) in [6, 6.07) is 13.1. The van der Waals surface area contributed by atoms with Gasteiger partial charge in [-0.3, -0.25) is 9.69 Å². The monoisotopic (exact) mass is 362 g/mol. The molecule has 5 heteroatoms. The number of fused-ring (bicyclic) bond motifs is 2. The number of aryl methyl sites for hydroxylation is 1. The van der Waals surface area contributed by atoms with Gasteiger partial charge in [0.2, 0.25) is 0 Å². The molecular weight excluding hydrogens is 336 g/mol. The number of amides is 1. The predicted octanol–water partition coefficient (Wildman–Crippen LogP) is 2.67. The quantitative estimate of drug-likeness (QED) is 0.892. The van der Waals surface area contributed by atoms with Crippen molar-refractivity contribution in [2.45, 2.75) is 37.8 Å². The van der Waals surface area contributed by atoms with Crippen molar-refractivity contribution < 1.29 is 4.79 Å². The number of benzene rings is 1. The number of nitrogen functional groups attached to an aromatic ring is 1. The largest absolute Gasteiger partial charge is 0.384 e. The molecule has 6 rings (SSSR count). The van der Waals surface area contributed by atoms with Crippen LogP contribution in [-0.4, -0.2) is 52.4 Å². The summed E-state index contributed by atoms with van der Waals surface area (Å²) in [5, 5.41) is 0. The third kappa shape index (κ3) is 2.72. The van der Waals surface area contributed by atoms with Gasteiger partial charge in [0.05, 0.1) is 6.04 Å². The van der Waals surface area contributed by atoms with Crippen LogP contribution in [0.4, 0.5) is 5.82 Å². The van der Waals surface area contributed by atoms with Crippen molar-refractivity contribution >= 4 is 11.7 Å². The van der Waals surface area contributed by atoms with Gasteiger partial charge in [-0.2, -0.15) is 0 Å². The van der Waals surface area contributed by atoms with E-state index in [9.17, 15) is 4.79 Å². The average Bonchev–Trinajstić information content (AvgIpc) is 3.12. The molecule has 1 aromatic heterocycles. The fourth-order valence-corrected chi connectivity index (χ4v) is 5.51. The third-order valence-corrected chi connectivity index (χ3v) is 6.79. The Bertz CT molecular complexity index is 857. The maximum Gasteiger partial charge on any atom is 0.254 e. The van der Waals surface area contributed by atoms with Gasteiger partial charge in [0.15, 0.2) is 0 Å². The number of aromatic nitrogens is 1. The predicted molar refractivity (Wildman–Crippen MR) is 105 cm³/mol. The molecule has 2 bridgehead atoms. The van der Waals surface area contributed by atoms with Gasteiger partial charge >= 0.3 is 0 Å². The van der Waals surface area contributed by atoms with E-state index in [1.807, 2.05) is 0 Å². The molecule has 4 saturated heterocycles. The summed E-state index contributed by atoms with van der Waals surface area (Å²) in [7, 11) is 0. The number of piperidine rings is 3. The first-order valence-electron chi connectivity index (χ1n) is 9.95. The molecule has 2 N–H and O–H groups in total. The van der Waals surface area contributed by atoms with Gasteiger partial charge in [0.1, 0.15) is 5.82 Å². The summed E-state index contributed by atoms with van der Waals surface area (Å²) in [4.78, 5) is 22.2. The zero-order chi connectivity index (χ0) is 18.5. The van der Waals surface area contributed by atoms with Crippen molar-refractivity contribution in [1.82, 2.24) is 14.8 Å². The Hall–Kier alpha value is -2.40. The minimum Gasteiger partial charge on any atom is -0.384 e. The number of nitrogens with two attached hydrogens (primary N) is 1. The van der Waals surface area contributed by atoms with Crippen LogP contribution in [0.3, 0.4) is 0 Å². The maximum absolute atomic E-state index is 13.4. The van der Waals surface area contributed by atoms with E-state index in [1.165, 1.54) is 37.1 Å². The number of pyridine rings is 1. The van der Waals surface area contributed by atoms with E-state index in [2.05, 4.69) is 46.0 Å². The van der Waals surface area contributed by atoms with Gasteiger partial charge in [0, 0.05) is 30.3 Å². The van der Waals surface area contributed by atoms with Gasteiger partial charge in [-0.1, -0.05) is 29.8 Å². The maximum atomic E-state index is 13.4. The number of nitrogens with zero attached hydrogens (tertiary/aromatic N) is 3. The number of hydrogen-bond acceptors (Lipinski definition) is 4. The highest BCUT2D eigenvalue weighted by molar-refractivity contribution is 5.95. The first-order chi connectivity index (χ1) is 13.1. The van der Waals surface area contributed by atoms with Crippen molar-refractivity contribution in [2.75, 3.05) is 25.4 Å².